The number of hydrogen-bond acceptors (Lipinski definition) is 3. The van der Waals surface area contributed by atoms with Gasteiger partial charge in [0.2, 0.25) is 0 Å². The Kier molecular flexibility index (Phi) is 3.71. The number of benzene rings is 2. The number of halogens is 1. The van der Waals surface area contributed by atoms with Gasteiger partial charge in [0, 0.05) is 18.9 Å². The second-order valence-electron chi connectivity index (χ2n) is 5.72. The largest absolute Gasteiger partial charge is 0.348 e. The maximum absolute atomic E-state index is 13.9. The number of nitriles is 1. The third-order valence-electron chi connectivity index (χ3n) is 3.99. The van der Waals surface area contributed by atoms with Crippen LogP contribution in [-0.4, -0.2) is 14.5 Å². The summed E-state index contributed by atoms with van der Waals surface area (Å²) in [5.41, 5.74) is 3.57. The standard InChI is InChI=1S/C20H13FN4/c21-17-4-2-1-3-16(17)20-23-18-9-10-25(13-19(18)24-20)12-15-7-5-14(11-22)6-8-15/h1-10,13H,12H2. The van der Waals surface area contributed by atoms with Crippen LogP contribution in [0.15, 0.2) is 67.0 Å². The van der Waals surface area contributed by atoms with Gasteiger partial charge >= 0.3 is 0 Å². The summed E-state index contributed by atoms with van der Waals surface area (Å²) in [6.45, 7) is 0.656. The van der Waals surface area contributed by atoms with Crippen molar-refractivity contribution in [1.82, 2.24) is 14.5 Å². The molecule has 2 aliphatic rings. The minimum absolute atomic E-state index is 0.330. The summed E-state index contributed by atoms with van der Waals surface area (Å²) < 4.78 is 15.9. The molecule has 120 valence electrons. The Hall–Kier alpha value is -3.52. The number of fused-ring (bicyclic) bond motifs is 1. The smallest absolute Gasteiger partial charge is 0.163 e. The maximum Gasteiger partial charge on any atom is 0.163 e. The molecule has 0 bridgehead atoms. The number of pyridine rings is 1. The van der Waals surface area contributed by atoms with Gasteiger partial charge < -0.3 is 4.57 Å². The molecule has 2 aromatic carbocycles. The topological polar surface area (TPSA) is 54.5 Å². The van der Waals surface area contributed by atoms with Gasteiger partial charge in [0.05, 0.1) is 22.9 Å². The van der Waals surface area contributed by atoms with E-state index in [0.29, 0.717) is 23.5 Å². The minimum Gasteiger partial charge on any atom is -0.348 e. The fourth-order valence-electron chi connectivity index (χ4n) is 2.71. The van der Waals surface area contributed by atoms with Crippen molar-refractivity contribution >= 4 is 0 Å². The summed E-state index contributed by atoms with van der Waals surface area (Å²) in [6.07, 6.45) is 3.81. The molecule has 0 aromatic heterocycles. The van der Waals surface area contributed by atoms with Crippen LogP contribution in [-0.2, 0) is 6.54 Å². The van der Waals surface area contributed by atoms with Gasteiger partial charge in [-0.2, -0.15) is 5.26 Å². The van der Waals surface area contributed by atoms with Crippen LogP contribution in [0.5, 0.6) is 0 Å². The first kappa shape index (κ1) is 15.0. The summed E-state index contributed by atoms with van der Waals surface area (Å²) >= 11 is 0. The lowest BCUT2D eigenvalue weighted by atomic mass is 10.1. The summed E-state index contributed by atoms with van der Waals surface area (Å²) in [7, 11) is 0. The fourth-order valence-corrected chi connectivity index (χ4v) is 2.71. The summed E-state index contributed by atoms with van der Waals surface area (Å²) in [4.78, 5) is 8.87. The van der Waals surface area contributed by atoms with E-state index in [2.05, 4.69) is 16.0 Å². The highest BCUT2D eigenvalue weighted by atomic mass is 19.1. The molecule has 0 unspecified atom stereocenters. The molecule has 4 nitrogen and oxygen atoms in total. The van der Waals surface area contributed by atoms with Crippen molar-refractivity contribution in [3.05, 3.63) is 83.9 Å². The Labute approximate surface area is 144 Å². The molecule has 0 N–H and O–H groups in total. The van der Waals surface area contributed by atoms with E-state index in [1.165, 1.54) is 6.07 Å². The molecule has 0 fully saturated rings. The highest BCUT2D eigenvalue weighted by Crippen LogP contribution is 2.26. The number of nitrogens with zero attached hydrogens (tertiary/aromatic N) is 4. The van der Waals surface area contributed by atoms with Crippen LogP contribution in [0.2, 0.25) is 0 Å². The molecule has 2 aliphatic heterocycles. The van der Waals surface area contributed by atoms with Crippen molar-refractivity contribution in [1.29, 1.82) is 5.26 Å². The van der Waals surface area contributed by atoms with Gasteiger partial charge in [-0.1, -0.05) is 24.3 Å². The first-order valence-corrected chi connectivity index (χ1v) is 7.80. The van der Waals surface area contributed by atoms with E-state index in [9.17, 15) is 4.39 Å². The van der Waals surface area contributed by atoms with Crippen LogP contribution in [0, 0.1) is 17.1 Å². The van der Waals surface area contributed by atoms with Crippen LogP contribution in [0.1, 0.15) is 11.1 Å². The molecule has 0 atom stereocenters. The van der Waals surface area contributed by atoms with Crippen molar-refractivity contribution < 1.29 is 4.39 Å². The van der Waals surface area contributed by atoms with Gasteiger partial charge in [0.1, 0.15) is 11.5 Å². The molecule has 25 heavy (non-hydrogen) atoms. The first-order valence-electron chi connectivity index (χ1n) is 7.80. The highest BCUT2D eigenvalue weighted by Gasteiger charge is 2.15. The average molecular weight is 328 g/mol. The van der Waals surface area contributed by atoms with Crippen molar-refractivity contribution in [2.45, 2.75) is 6.54 Å². The predicted octanol–water partition coefficient (Wildman–Crippen LogP) is 4.11. The summed E-state index contributed by atoms with van der Waals surface area (Å²) in [5.74, 6) is 0.0625. The fraction of sp³-hybridized carbons (Fsp3) is 0.0500. The van der Waals surface area contributed by atoms with E-state index < -0.39 is 0 Å². The van der Waals surface area contributed by atoms with Crippen molar-refractivity contribution in [2.75, 3.05) is 0 Å². The van der Waals surface area contributed by atoms with E-state index in [1.807, 2.05) is 35.2 Å². The normalized spacial score (nSPS) is 10.7. The van der Waals surface area contributed by atoms with Gasteiger partial charge in [-0.3, -0.25) is 0 Å². The molecule has 5 heteroatoms. The Morgan fingerprint density at radius 1 is 0.960 bits per heavy atom. The van der Waals surface area contributed by atoms with E-state index >= 15 is 0 Å². The number of rotatable bonds is 3. The quantitative estimate of drug-likeness (QED) is 0.569. The van der Waals surface area contributed by atoms with Gasteiger partial charge in [0.25, 0.3) is 0 Å². The van der Waals surface area contributed by atoms with E-state index in [1.54, 1.807) is 30.3 Å². The molecule has 0 aliphatic carbocycles. The number of aromatic nitrogens is 3. The molecule has 4 rings (SSSR count). The Balaban J connectivity index is 1.65. The lowest BCUT2D eigenvalue weighted by Gasteiger charge is -2.08. The highest BCUT2D eigenvalue weighted by molar-refractivity contribution is 5.65. The third-order valence-corrected chi connectivity index (χ3v) is 3.99. The molecule has 0 saturated carbocycles. The third kappa shape index (κ3) is 2.98. The monoisotopic (exact) mass is 328 g/mol. The molecular weight excluding hydrogens is 315 g/mol. The predicted molar refractivity (Wildman–Crippen MR) is 92.3 cm³/mol. The second kappa shape index (κ2) is 6.17. The van der Waals surface area contributed by atoms with Gasteiger partial charge in [-0.25, -0.2) is 14.4 Å². The molecule has 2 heterocycles. The van der Waals surface area contributed by atoms with E-state index in [0.717, 1.165) is 17.0 Å². The molecule has 0 spiro atoms. The van der Waals surface area contributed by atoms with E-state index in [4.69, 9.17) is 5.26 Å². The lowest BCUT2D eigenvalue weighted by Crippen LogP contribution is -2.00. The van der Waals surface area contributed by atoms with Crippen LogP contribution < -0.4 is 0 Å². The lowest BCUT2D eigenvalue weighted by molar-refractivity contribution is 0.630. The minimum atomic E-state index is -0.330. The Morgan fingerprint density at radius 3 is 2.48 bits per heavy atom. The average Bonchev–Trinajstić information content (AvgIpc) is 3.06. The molecule has 2 aromatic rings. The molecule has 0 saturated heterocycles. The Bertz CT molecular complexity index is 1040. The second-order valence-corrected chi connectivity index (χ2v) is 5.72. The number of hydrogen-bond donors (Lipinski definition) is 0. The van der Waals surface area contributed by atoms with Crippen LogP contribution >= 0.6 is 0 Å². The molecule has 0 amide bonds. The van der Waals surface area contributed by atoms with Crippen LogP contribution in [0.3, 0.4) is 0 Å². The zero-order valence-corrected chi connectivity index (χ0v) is 13.2. The van der Waals surface area contributed by atoms with Crippen molar-refractivity contribution in [3.8, 4) is 28.8 Å². The maximum atomic E-state index is 13.9. The van der Waals surface area contributed by atoms with E-state index in [-0.39, 0.29) is 5.82 Å². The zero-order chi connectivity index (χ0) is 17.2. The van der Waals surface area contributed by atoms with Gasteiger partial charge in [0.15, 0.2) is 5.82 Å². The molecular formula is C20H13FN4. The van der Waals surface area contributed by atoms with Gasteiger partial charge in [-0.05, 0) is 35.9 Å². The Morgan fingerprint density at radius 2 is 1.72 bits per heavy atom. The van der Waals surface area contributed by atoms with Crippen molar-refractivity contribution in [3.63, 3.8) is 0 Å². The molecule has 0 radical (unpaired) electrons. The van der Waals surface area contributed by atoms with Crippen LogP contribution in [0.4, 0.5) is 4.39 Å². The first-order chi connectivity index (χ1) is 12.2. The number of imidazole rings is 1. The van der Waals surface area contributed by atoms with Crippen molar-refractivity contribution in [2.24, 2.45) is 0 Å². The SMILES string of the molecule is N#Cc1ccc(Cn2ccc3nc(-c4ccccc4F)nc-3c2)cc1. The van der Waals surface area contributed by atoms with Gasteiger partial charge in [-0.15, -0.1) is 0 Å². The summed E-state index contributed by atoms with van der Waals surface area (Å²) in [6, 6.07) is 17.9. The summed E-state index contributed by atoms with van der Waals surface area (Å²) in [5, 5.41) is 8.86. The zero-order valence-electron chi connectivity index (χ0n) is 13.2. The van der Waals surface area contributed by atoms with Crippen LogP contribution in [0.25, 0.3) is 22.8 Å².